The van der Waals surface area contributed by atoms with Gasteiger partial charge in [0.2, 0.25) is 5.91 Å². The van der Waals surface area contributed by atoms with Gasteiger partial charge in [-0.1, -0.05) is 32.0 Å². The summed E-state index contributed by atoms with van der Waals surface area (Å²) >= 11 is 0. The molecule has 1 aromatic carbocycles. The molecular formula is C20H33N3O4. The predicted octanol–water partition coefficient (Wildman–Crippen LogP) is 1.04. The second kappa shape index (κ2) is 11.6. The van der Waals surface area contributed by atoms with Crippen molar-refractivity contribution < 1.29 is 19.4 Å². The number of hydrogen-bond donors (Lipinski definition) is 4. The lowest BCUT2D eigenvalue weighted by atomic mass is 10.0. The van der Waals surface area contributed by atoms with E-state index < -0.39 is 12.1 Å². The van der Waals surface area contributed by atoms with Gasteiger partial charge in [0.1, 0.15) is 5.75 Å². The van der Waals surface area contributed by atoms with E-state index in [0.29, 0.717) is 31.1 Å². The van der Waals surface area contributed by atoms with Gasteiger partial charge in [0, 0.05) is 13.1 Å². The van der Waals surface area contributed by atoms with E-state index in [9.17, 15) is 14.7 Å². The number of aryl methyl sites for hydroxylation is 2. The predicted molar refractivity (Wildman–Crippen MR) is 105 cm³/mol. The lowest BCUT2D eigenvalue weighted by molar-refractivity contribution is -0.124. The molecule has 0 radical (unpaired) electrons. The van der Waals surface area contributed by atoms with E-state index in [4.69, 9.17) is 10.5 Å². The van der Waals surface area contributed by atoms with Crippen molar-refractivity contribution in [3.63, 3.8) is 0 Å². The fourth-order valence-corrected chi connectivity index (χ4v) is 2.66. The van der Waals surface area contributed by atoms with Crippen molar-refractivity contribution in [1.82, 2.24) is 10.6 Å². The molecule has 0 saturated carbocycles. The summed E-state index contributed by atoms with van der Waals surface area (Å²) in [6.45, 7) is 8.17. The Balaban J connectivity index is 2.22. The Morgan fingerprint density at radius 3 is 2.41 bits per heavy atom. The molecule has 0 spiro atoms. The molecule has 0 aromatic heterocycles. The molecule has 0 bridgehead atoms. The summed E-state index contributed by atoms with van der Waals surface area (Å²) in [5.74, 6) is 0.520. The minimum absolute atomic E-state index is 0.0808. The monoisotopic (exact) mass is 379 g/mol. The van der Waals surface area contributed by atoms with Crippen molar-refractivity contribution in [2.45, 2.75) is 52.7 Å². The molecule has 1 aromatic rings. The second-order valence-corrected chi connectivity index (χ2v) is 7.28. The van der Waals surface area contributed by atoms with Crippen molar-refractivity contribution >= 4 is 11.8 Å². The third-order valence-corrected chi connectivity index (χ3v) is 4.13. The summed E-state index contributed by atoms with van der Waals surface area (Å²) in [5, 5.41) is 15.2. The lowest BCUT2D eigenvalue weighted by Crippen LogP contribution is -2.44. The first kappa shape index (κ1) is 22.9. The van der Waals surface area contributed by atoms with Gasteiger partial charge in [0.15, 0.2) is 6.61 Å². The van der Waals surface area contributed by atoms with Gasteiger partial charge in [-0.15, -0.1) is 0 Å². The van der Waals surface area contributed by atoms with E-state index in [1.807, 2.05) is 45.9 Å². The number of amides is 2. The Bertz CT molecular complexity index is 599. The van der Waals surface area contributed by atoms with Crippen molar-refractivity contribution in [2.75, 3.05) is 19.7 Å². The number of para-hydroxylation sites is 1. The summed E-state index contributed by atoms with van der Waals surface area (Å²) in [6.07, 6.45) is 0.174. The first-order valence-corrected chi connectivity index (χ1v) is 9.37. The van der Waals surface area contributed by atoms with Crippen molar-refractivity contribution in [2.24, 2.45) is 11.7 Å². The van der Waals surface area contributed by atoms with E-state index in [1.54, 1.807) is 0 Å². The maximum atomic E-state index is 11.9. The topological polar surface area (TPSA) is 114 Å². The SMILES string of the molecule is Cc1cccc(C)c1OCC(=O)NCCC(O)CNC(=O)C(N)CC(C)C. The van der Waals surface area contributed by atoms with Crippen LogP contribution >= 0.6 is 0 Å². The van der Waals surface area contributed by atoms with Crippen LogP contribution in [0.1, 0.15) is 37.8 Å². The van der Waals surface area contributed by atoms with E-state index in [-0.39, 0.29) is 25.0 Å². The first-order valence-electron chi connectivity index (χ1n) is 9.37. The second-order valence-electron chi connectivity index (χ2n) is 7.28. The van der Waals surface area contributed by atoms with Crippen LogP contribution in [0.15, 0.2) is 18.2 Å². The molecule has 7 heteroatoms. The van der Waals surface area contributed by atoms with E-state index in [0.717, 1.165) is 11.1 Å². The Morgan fingerprint density at radius 1 is 1.19 bits per heavy atom. The third-order valence-electron chi connectivity index (χ3n) is 4.13. The summed E-state index contributed by atoms with van der Waals surface area (Å²) in [4.78, 5) is 23.7. The van der Waals surface area contributed by atoms with Gasteiger partial charge in [-0.2, -0.15) is 0 Å². The summed E-state index contributed by atoms with van der Waals surface area (Å²) < 4.78 is 5.58. The number of aliphatic hydroxyl groups is 1. The van der Waals surface area contributed by atoms with Gasteiger partial charge in [-0.05, 0) is 43.7 Å². The Labute approximate surface area is 161 Å². The fourth-order valence-electron chi connectivity index (χ4n) is 2.66. The largest absolute Gasteiger partial charge is 0.483 e. The zero-order chi connectivity index (χ0) is 20.4. The van der Waals surface area contributed by atoms with Crippen LogP contribution in [0.2, 0.25) is 0 Å². The number of benzene rings is 1. The highest BCUT2D eigenvalue weighted by Crippen LogP contribution is 2.21. The van der Waals surface area contributed by atoms with Crippen LogP contribution < -0.4 is 21.1 Å². The van der Waals surface area contributed by atoms with Crippen molar-refractivity contribution in [1.29, 1.82) is 0 Å². The average molecular weight is 380 g/mol. The van der Waals surface area contributed by atoms with Crippen LogP contribution in [0, 0.1) is 19.8 Å². The first-order chi connectivity index (χ1) is 12.7. The van der Waals surface area contributed by atoms with Crippen LogP contribution in [0.5, 0.6) is 5.75 Å². The van der Waals surface area contributed by atoms with Crippen LogP contribution in [-0.2, 0) is 9.59 Å². The molecule has 0 aliphatic carbocycles. The van der Waals surface area contributed by atoms with E-state index in [1.165, 1.54) is 0 Å². The molecule has 27 heavy (non-hydrogen) atoms. The normalized spacial score (nSPS) is 13.1. The van der Waals surface area contributed by atoms with Crippen LogP contribution in [-0.4, -0.2) is 48.8 Å². The molecule has 0 saturated heterocycles. The Morgan fingerprint density at radius 2 is 1.81 bits per heavy atom. The summed E-state index contributed by atoms with van der Waals surface area (Å²) in [7, 11) is 0. The number of carbonyl (C=O) groups is 2. The minimum Gasteiger partial charge on any atom is -0.483 e. The number of nitrogens with two attached hydrogens (primary N) is 1. The molecule has 152 valence electrons. The number of hydrogen-bond acceptors (Lipinski definition) is 5. The number of rotatable bonds is 11. The zero-order valence-corrected chi connectivity index (χ0v) is 16.7. The maximum Gasteiger partial charge on any atom is 0.257 e. The molecule has 2 unspecified atom stereocenters. The van der Waals surface area contributed by atoms with Crippen molar-refractivity contribution in [3.05, 3.63) is 29.3 Å². The van der Waals surface area contributed by atoms with Gasteiger partial charge >= 0.3 is 0 Å². The van der Waals surface area contributed by atoms with E-state index in [2.05, 4.69) is 10.6 Å². The molecule has 2 amide bonds. The molecule has 5 N–H and O–H groups in total. The molecule has 0 fully saturated rings. The highest BCUT2D eigenvalue weighted by Gasteiger charge is 2.16. The van der Waals surface area contributed by atoms with Gasteiger partial charge in [0.25, 0.3) is 5.91 Å². The average Bonchev–Trinajstić information content (AvgIpc) is 2.58. The number of carbonyl (C=O) groups excluding carboxylic acids is 2. The smallest absolute Gasteiger partial charge is 0.257 e. The lowest BCUT2D eigenvalue weighted by Gasteiger charge is -2.17. The number of nitrogens with one attached hydrogen (secondary N) is 2. The number of aliphatic hydroxyl groups excluding tert-OH is 1. The standard InChI is InChI=1S/C20H33N3O4/c1-13(2)10-17(21)20(26)23-11-16(24)8-9-22-18(25)12-27-19-14(3)6-5-7-15(19)4/h5-7,13,16-17,24H,8-12,21H2,1-4H3,(H,22,25)(H,23,26). The van der Waals surface area contributed by atoms with Crippen LogP contribution in [0.25, 0.3) is 0 Å². The van der Waals surface area contributed by atoms with Gasteiger partial charge in [-0.25, -0.2) is 0 Å². The van der Waals surface area contributed by atoms with E-state index >= 15 is 0 Å². The Hall–Kier alpha value is -2.12. The summed E-state index contributed by atoms with van der Waals surface area (Å²) in [5.41, 5.74) is 7.74. The highest BCUT2D eigenvalue weighted by atomic mass is 16.5. The Kier molecular flexibility index (Phi) is 9.82. The molecule has 7 nitrogen and oxygen atoms in total. The molecule has 2 atom stereocenters. The van der Waals surface area contributed by atoms with Crippen LogP contribution in [0.4, 0.5) is 0 Å². The summed E-state index contributed by atoms with van der Waals surface area (Å²) in [6, 6.07) is 5.22. The molecule has 0 aliphatic heterocycles. The van der Waals surface area contributed by atoms with Gasteiger partial charge < -0.3 is 26.2 Å². The van der Waals surface area contributed by atoms with Gasteiger partial charge in [0.05, 0.1) is 12.1 Å². The number of ether oxygens (including phenoxy) is 1. The maximum absolute atomic E-state index is 11.9. The molecule has 0 heterocycles. The quantitative estimate of drug-likeness (QED) is 0.459. The minimum atomic E-state index is -0.750. The van der Waals surface area contributed by atoms with Gasteiger partial charge in [-0.3, -0.25) is 9.59 Å². The molecular weight excluding hydrogens is 346 g/mol. The van der Waals surface area contributed by atoms with Crippen molar-refractivity contribution in [3.8, 4) is 5.75 Å². The highest BCUT2D eigenvalue weighted by molar-refractivity contribution is 5.81. The molecule has 1 rings (SSSR count). The molecule has 0 aliphatic rings. The third kappa shape index (κ3) is 8.88. The van der Waals surface area contributed by atoms with Crippen LogP contribution in [0.3, 0.4) is 0 Å². The fraction of sp³-hybridized carbons (Fsp3) is 0.600. The zero-order valence-electron chi connectivity index (χ0n) is 16.7.